The number of rotatable bonds is 3. The number of carbonyl (C=O) groups is 1. The van der Waals surface area contributed by atoms with Crippen molar-refractivity contribution in [3.8, 4) is 0 Å². The molecule has 3 N–H and O–H groups in total. The van der Waals surface area contributed by atoms with Crippen LogP contribution in [-0.4, -0.2) is 5.91 Å². The number of anilines is 1. The van der Waals surface area contributed by atoms with Crippen LogP contribution in [0.5, 0.6) is 0 Å². The molecule has 1 aromatic carbocycles. The van der Waals surface area contributed by atoms with Crippen molar-refractivity contribution in [2.45, 2.75) is 13.0 Å². The summed E-state index contributed by atoms with van der Waals surface area (Å²) in [7, 11) is 0. The second-order valence-electron chi connectivity index (χ2n) is 3.95. The molecular weight excluding hydrogens is 268 g/mol. The monoisotopic (exact) mass is 280 g/mol. The van der Waals surface area contributed by atoms with E-state index in [2.05, 4.69) is 5.32 Å². The summed E-state index contributed by atoms with van der Waals surface area (Å²) in [6, 6.07) is 8.80. The number of carbonyl (C=O) groups excluding carboxylic acids is 1. The lowest BCUT2D eigenvalue weighted by atomic mass is 10.1. The van der Waals surface area contributed by atoms with E-state index in [-0.39, 0.29) is 11.9 Å². The fraction of sp³-hybridized carbons (Fsp3) is 0.154. The van der Waals surface area contributed by atoms with E-state index in [4.69, 9.17) is 17.3 Å². The molecule has 18 heavy (non-hydrogen) atoms. The minimum absolute atomic E-state index is 0.0191. The predicted molar refractivity (Wildman–Crippen MR) is 76.1 cm³/mol. The van der Waals surface area contributed by atoms with Gasteiger partial charge in [-0.1, -0.05) is 17.7 Å². The lowest BCUT2D eigenvalue weighted by molar-refractivity contribution is 0.0940. The molecule has 0 aliphatic heterocycles. The number of hydrogen-bond acceptors (Lipinski definition) is 3. The fourth-order valence-corrected chi connectivity index (χ4v) is 2.43. The molecule has 1 amide bonds. The summed E-state index contributed by atoms with van der Waals surface area (Å²) in [4.78, 5) is 13.1. The second kappa shape index (κ2) is 5.42. The molecule has 0 saturated carbocycles. The SMILES string of the molecule is CC(NC(=O)c1ccc(Cl)c(N)c1)c1cccs1. The number of hydrogen-bond donors (Lipinski definition) is 2. The Morgan fingerprint density at radius 1 is 1.44 bits per heavy atom. The number of halogens is 1. The van der Waals surface area contributed by atoms with Crippen molar-refractivity contribution in [2.24, 2.45) is 0 Å². The molecule has 0 spiro atoms. The highest BCUT2D eigenvalue weighted by atomic mass is 35.5. The molecule has 0 aliphatic carbocycles. The van der Waals surface area contributed by atoms with Crippen molar-refractivity contribution in [3.05, 3.63) is 51.2 Å². The van der Waals surface area contributed by atoms with Gasteiger partial charge in [0.2, 0.25) is 0 Å². The lowest BCUT2D eigenvalue weighted by Gasteiger charge is -2.12. The van der Waals surface area contributed by atoms with Gasteiger partial charge in [-0.3, -0.25) is 4.79 Å². The van der Waals surface area contributed by atoms with Gasteiger partial charge in [0.15, 0.2) is 0 Å². The van der Waals surface area contributed by atoms with Gasteiger partial charge in [0, 0.05) is 10.4 Å². The molecule has 0 radical (unpaired) electrons. The van der Waals surface area contributed by atoms with Crippen LogP contribution < -0.4 is 11.1 Å². The molecule has 1 atom stereocenters. The van der Waals surface area contributed by atoms with E-state index in [0.29, 0.717) is 16.3 Å². The van der Waals surface area contributed by atoms with Crippen molar-refractivity contribution in [2.75, 3.05) is 5.73 Å². The molecule has 1 unspecified atom stereocenters. The third-order valence-electron chi connectivity index (χ3n) is 2.58. The number of nitrogens with two attached hydrogens (primary N) is 1. The van der Waals surface area contributed by atoms with Gasteiger partial charge in [0.1, 0.15) is 0 Å². The Morgan fingerprint density at radius 2 is 2.22 bits per heavy atom. The maximum Gasteiger partial charge on any atom is 0.251 e. The summed E-state index contributed by atoms with van der Waals surface area (Å²) in [6.07, 6.45) is 0. The third kappa shape index (κ3) is 2.83. The molecule has 1 heterocycles. The van der Waals surface area contributed by atoms with Crippen LogP contribution in [0.15, 0.2) is 35.7 Å². The van der Waals surface area contributed by atoms with E-state index in [1.165, 1.54) is 0 Å². The predicted octanol–water partition coefficient (Wildman–Crippen LogP) is 3.47. The van der Waals surface area contributed by atoms with Gasteiger partial charge in [-0.15, -0.1) is 11.3 Å². The van der Waals surface area contributed by atoms with Crippen LogP contribution in [0.4, 0.5) is 5.69 Å². The minimum atomic E-state index is -0.153. The number of amides is 1. The Labute approximate surface area is 115 Å². The zero-order valence-electron chi connectivity index (χ0n) is 9.81. The van der Waals surface area contributed by atoms with Gasteiger partial charge in [0.25, 0.3) is 5.91 Å². The fourth-order valence-electron chi connectivity index (χ4n) is 1.57. The molecule has 2 rings (SSSR count). The highest BCUT2D eigenvalue weighted by molar-refractivity contribution is 7.10. The third-order valence-corrected chi connectivity index (χ3v) is 3.97. The van der Waals surface area contributed by atoms with Gasteiger partial charge in [0.05, 0.1) is 16.8 Å². The van der Waals surface area contributed by atoms with Crippen molar-refractivity contribution in [3.63, 3.8) is 0 Å². The topological polar surface area (TPSA) is 55.1 Å². The highest BCUT2D eigenvalue weighted by Gasteiger charge is 2.12. The molecule has 0 bridgehead atoms. The van der Waals surface area contributed by atoms with E-state index >= 15 is 0 Å². The Kier molecular flexibility index (Phi) is 3.89. The standard InChI is InChI=1S/C13H13ClN2OS/c1-8(12-3-2-6-18-12)16-13(17)9-4-5-10(14)11(15)7-9/h2-8H,15H2,1H3,(H,16,17). The van der Waals surface area contributed by atoms with Gasteiger partial charge >= 0.3 is 0 Å². The largest absolute Gasteiger partial charge is 0.398 e. The number of nitrogens with one attached hydrogen (secondary N) is 1. The Balaban J connectivity index is 2.10. The van der Waals surface area contributed by atoms with Crippen LogP contribution in [0.3, 0.4) is 0 Å². The van der Waals surface area contributed by atoms with E-state index in [0.717, 1.165) is 4.88 Å². The molecule has 2 aromatic rings. The van der Waals surface area contributed by atoms with Crippen LogP contribution in [0.1, 0.15) is 28.2 Å². The first-order valence-corrected chi connectivity index (χ1v) is 6.73. The Bertz CT molecular complexity index is 554. The molecule has 94 valence electrons. The average molecular weight is 281 g/mol. The van der Waals surface area contributed by atoms with Gasteiger partial charge in [-0.05, 0) is 36.6 Å². The Morgan fingerprint density at radius 3 is 2.83 bits per heavy atom. The van der Waals surface area contributed by atoms with Gasteiger partial charge in [-0.2, -0.15) is 0 Å². The van der Waals surface area contributed by atoms with Gasteiger partial charge in [-0.25, -0.2) is 0 Å². The zero-order valence-corrected chi connectivity index (χ0v) is 11.4. The molecule has 0 aliphatic rings. The van der Waals surface area contributed by atoms with E-state index in [1.807, 2.05) is 24.4 Å². The maximum atomic E-state index is 12.0. The summed E-state index contributed by atoms with van der Waals surface area (Å²) >= 11 is 7.43. The van der Waals surface area contributed by atoms with Crippen LogP contribution >= 0.6 is 22.9 Å². The Hall–Kier alpha value is -1.52. The lowest BCUT2D eigenvalue weighted by Crippen LogP contribution is -2.26. The molecule has 5 heteroatoms. The summed E-state index contributed by atoms with van der Waals surface area (Å²) in [5, 5.41) is 5.36. The van der Waals surface area contributed by atoms with E-state index in [1.54, 1.807) is 29.5 Å². The molecule has 0 saturated heterocycles. The van der Waals surface area contributed by atoms with E-state index in [9.17, 15) is 4.79 Å². The van der Waals surface area contributed by atoms with Crippen LogP contribution in [0, 0.1) is 0 Å². The quantitative estimate of drug-likeness (QED) is 0.846. The first-order valence-electron chi connectivity index (χ1n) is 5.47. The van der Waals surface area contributed by atoms with Crippen molar-refractivity contribution >= 4 is 34.5 Å². The molecule has 3 nitrogen and oxygen atoms in total. The zero-order chi connectivity index (χ0) is 13.1. The smallest absolute Gasteiger partial charge is 0.251 e. The van der Waals surface area contributed by atoms with Crippen molar-refractivity contribution < 1.29 is 4.79 Å². The maximum absolute atomic E-state index is 12.0. The molecular formula is C13H13ClN2OS. The van der Waals surface area contributed by atoms with Crippen molar-refractivity contribution in [1.29, 1.82) is 0 Å². The van der Waals surface area contributed by atoms with Crippen molar-refractivity contribution in [1.82, 2.24) is 5.32 Å². The van der Waals surface area contributed by atoms with E-state index < -0.39 is 0 Å². The first kappa shape index (κ1) is 12.9. The summed E-state index contributed by atoms with van der Waals surface area (Å²) in [6.45, 7) is 1.95. The summed E-state index contributed by atoms with van der Waals surface area (Å²) < 4.78 is 0. The number of benzene rings is 1. The molecule has 0 fully saturated rings. The highest BCUT2D eigenvalue weighted by Crippen LogP contribution is 2.21. The number of nitrogen functional groups attached to an aromatic ring is 1. The normalized spacial score (nSPS) is 12.1. The minimum Gasteiger partial charge on any atom is -0.398 e. The van der Waals surface area contributed by atoms with Crippen LogP contribution in [0.25, 0.3) is 0 Å². The summed E-state index contributed by atoms with van der Waals surface area (Å²) in [5.74, 6) is -0.153. The second-order valence-corrected chi connectivity index (χ2v) is 5.33. The van der Waals surface area contributed by atoms with Gasteiger partial charge < -0.3 is 11.1 Å². The first-order chi connectivity index (χ1) is 8.58. The van der Waals surface area contributed by atoms with Crippen LogP contribution in [0.2, 0.25) is 5.02 Å². The average Bonchev–Trinajstić information content (AvgIpc) is 2.86. The summed E-state index contributed by atoms with van der Waals surface area (Å²) in [5.41, 5.74) is 6.60. The van der Waals surface area contributed by atoms with Crippen LogP contribution in [-0.2, 0) is 0 Å². The number of thiophene rings is 1. The molecule has 1 aromatic heterocycles.